The van der Waals surface area contributed by atoms with Crippen LogP contribution in [0, 0.1) is 0 Å². The fourth-order valence-corrected chi connectivity index (χ4v) is 2.94. The summed E-state index contributed by atoms with van der Waals surface area (Å²) in [6, 6.07) is 7.99. The molecule has 0 aromatic heterocycles. The lowest BCUT2D eigenvalue weighted by atomic mass is 9.71. The van der Waals surface area contributed by atoms with Gasteiger partial charge in [-0.05, 0) is 43.0 Å². The first kappa shape index (κ1) is 12.4. The van der Waals surface area contributed by atoms with Gasteiger partial charge >= 0.3 is 5.97 Å². The summed E-state index contributed by atoms with van der Waals surface area (Å²) in [7, 11) is 0. The van der Waals surface area contributed by atoms with Crippen molar-refractivity contribution in [3.05, 3.63) is 47.0 Å². The van der Waals surface area contributed by atoms with E-state index in [9.17, 15) is 4.79 Å². The SMILES string of the molecule is C[C@]12C=C(CCC(=O)O)[C@](C)(OO1)c1ccccc12. The van der Waals surface area contributed by atoms with Crippen LogP contribution < -0.4 is 0 Å². The number of hydrogen-bond donors (Lipinski definition) is 1. The van der Waals surface area contributed by atoms with Gasteiger partial charge in [0.05, 0.1) is 0 Å². The van der Waals surface area contributed by atoms with Crippen molar-refractivity contribution in [1.82, 2.24) is 0 Å². The summed E-state index contributed by atoms with van der Waals surface area (Å²) in [4.78, 5) is 21.9. The van der Waals surface area contributed by atoms with Crippen molar-refractivity contribution in [3.8, 4) is 0 Å². The maximum absolute atomic E-state index is 10.8. The van der Waals surface area contributed by atoms with Gasteiger partial charge in [-0.1, -0.05) is 24.3 Å². The third-order valence-corrected chi connectivity index (χ3v) is 4.03. The molecule has 2 heterocycles. The van der Waals surface area contributed by atoms with Crippen LogP contribution in [0.15, 0.2) is 35.9 Å². The van der Waals surface area contributed by atoms with Crippen molar-refractivity contribution in [3.63, 3.8) is 0 Å². The van der Waals surface area contributed by atoms with Crippen molar-refractivity contribution in [1.29, 1.82) is 0 Å². The standard InChI is InChI=1S/C15H16O4/c1-14-9-10(7-8-13(16)17)15(2,19-18-14)12-6-4-3-5-11(12)14/h3-6,9H,7-8H2,1-2H3,(H,16,17)/t14-,15+/m1/s1. The lowest BCUT2D eigenvalue weighted by Crippen LogP contribution is -2.47. The maximum atomic E-state index is 10.8. The number of aliphatic carboxylic acids is 1. The molecule has 0 fully saturated rings. The Bertz CT molecular complexity index is 577. The molecule has 0 spiro atoms. The van der Waals surface area contributed by atoms with Crippen LogP contribution in [0.1, 0.15) is 37.8 Å². The van der Waals surface area contributed by atoms with Gasteiger partial charge in [-0.25, -0.2) is 9.78 Å². The highest BCUT2D eigenvalue weighted by Crippen LogP contribution is 2.53. The molecule has 4 heteroatoms. The van der Waals surface area contributed by atoms with E-state index in [4.69, 9.17) is 14.9 Å². The molecule has 1 aromatic rings. The summed E-state index contributed by atoms with van der Waals surface area (Å²) < 4.78 is 0. The van der Waals surface area contributed by atoms with Crippen LogP contribution >= 0.6 is 0 Å². The second-order valence-corrected chi connectivity index (χ2v) is 5.42. The molecule has 0 radical (unpaired) electrons. The summed E-state index contributed by atoms with van der Waals surface area (Å²) in [5, 5.41) is 8.86. The van der Waals surface area contributed by atoms with E-state index in [1.165, 1.54) is 0 Å². The van der Waals surface area contributed by atoms with Crippen molar-refractivity contribution >= 4 is 5.97 Å². The van der Waals surface area contributed by atoms with Crippen molar-refractivity contribution < 1.29 is 19.7 Å². The van der Waals surface area contributed by atoms with E-state index in [2.05, 4.69) is 0 Å². The van der Waals surface area contributed by atoms with Crippen LogP contribution in [-0.4, -0.2) is 11.1 Å². The monoisotopic (exact) mass is 260 g/mol. The molecule has 3 aliphatic rings. The third kappa shape index (κ3) is 1.71. The van der Waals surface area contributed by atoms with Gasteiger partial charge in [-0.2, -0.15) is 0 Å². The fraction of sp³-hybridized carbons (Fsp3) is 0.400. The molecule has 4 nitrogen and oxygen atoms in total. The summed E-state index contributed by atoms with van der Waals surface area (Å²) in [6.07, 6.45) is 2.57. The number of fused-ring (bicyclic) bond motifs is 1. The Hall–Kier alpha value is -1.65. The van der Waals surface area contributed by atoms with Crippen LogP contribution in [0.2, 0.25) is 0 Å². The second kappa shape index (κ2) is 3.92. The smallest absolute Gasteiger partial charge is 0.303 e. The molecule has 1 aliphatic carbocycles. The fourth-order valence-electron chi connectivity index (χ4n) is 2.94. The second-order valence-electron chi connectivity index (χ2n) is 5.42. The number of rotatable bonds is 3. The highest BCUT2D eigenvalue weighted by molar-refractivity contribution is 5.67. The molecule has 2 bridgehead atoms. The molecule has 100 valence electrons. The Kier molecular flexibility index (Phi) is 2.56. The molecule has 0 saturated heterocycles. The summed E-state index contributed by atoms with van der Waals surface area (Å²) in [5.41, 5.74) is 1.82. The quantitative estimate of drug-likeness (QED) is 0.670. The number of carbonyl (C=O) groups is 1. The van der Waals surface area contributed by atoms with Crippen molar-refractivity contribution in [2.75, 3.05) is 0 Å². The highest BCUT2D eigenvalue weighted by atomic mass is 17.2. The molecular weight excluding hydrogens is 244 g/mol. The van der Waals surface area contributed by atoms with E-state index < -0.39 is 17.2 Å². The lowest BCUT2D eigenvalue weighted by molar-refractivity contribution is -0.419. The number of carboxylic acid groups (broad SMARTS) is 1. The van der Waals surface area contributed by atoms with Crippen LogP contribution in [0.4, 0.5) is 0 Å². The Morgan fingerprint density at radius 3 is 2.58 bits per heavy atom. The van der Waals surface area contributed by atoms with Gasteiger partial charge in [0.2, 0.25) is 0 Å². The Morgan fingerprint density at radius 2 is 1.89 bits per heavy atom. The summed E-state index contributed by atoms with van der Waals surface area (Å²) >= 11 is 0. The predicted molar refractivity (Wildman–Crippen MR) is 68.3 cm³/mol. The molecule has 2 aliphatic heterocycles. The maximum Gasteiger partial charge on any atom is 0.303 e. The molecule has 2 atom stereocenters. The van der Waals surface area contributed by atoms with Gasteiger partial charge in [0.1, 0.15) is 11.2 Å². The first-order valence-electron chi connectivity index (χ1n) is 6.36. The zero-order chi connectivity index (χ0) is 13.7. The Morgan fingerprint density at radius 1 is 1.21 bits per heavy atom. The molecule has 19 heavy (non-hydrogen) atoms. The largest absolute Gasteiger partial charge is 0.481 e. The topological polar surface area (TPSA) is 55.8 Å². The molecule has 1 aromatic carbocycles. The zero-order valence-corrected chi connectivity index (χ0v) is 11.0. The molecule has 4 rings (SSSR count). The van der Waals surface area contributed by atoms with E-state index >= 15 is 0 Å². The van der Waals surface area contributed by atoms with E-state index in [1.54, 1.807) is 0 Å². The van der Waals surface area contributed by atoms with Crippen LogP contribution in [0.5, 0.6) is 0 Å². The Labute approximate surface area is 111 Å². The van der Waals surface area contributed by atoms with Gasteiger partial charge in [0, 0.05) is 6.42 Å². The molecule has 0 saturated carbocycles. The van der Waals surface area contributed by atoms with E-state index in [-0.39, 0.29) is 6.42 Å². The summed E-state index contributed by atoms with van der Waals surface area (Å²) in [6.45, 7) is 3.86. The predicted octanol–water partition coefficient (Wildman–Crippen LogP) is 2.88. The first-order chi connectivity index (χ1) is 8.96. The zero-order valence-electron chi connectivity index (χ0n) is 11.0. The number of benzene rings is 1. The van der Waals surface area contributed by atoms with Gasteiger partial charge in [0.15, 0.2) is 0 Å². The minimum absolute atomic E-state index is 0.100. The van der Waals surface area contributed by atoms with Crippen LogP contribution in [0.25, 0.3) is 0 Å². The van der Waals surface area contributed by atoms with Gasteiger partial charge < -0.3 is 5.11 Å². The van der Waals surface area contributed by atoms with E-state index in [0.717, 1.165) is 16.7 Å². The highest BCUT2D eigenvalue weighted by Gasteiger charge is 2.51. The Balaban J connectivity index is 2.07. The first-order valence-corrected chi connectivity index (χ1v) is 6.36. The third-order valence-electron chi connectivity index (χ3n) is 4.03. The van der Waals surface area contributed by atoms with E-state index in [0.29, 0.717) is 6.42 Å². The molecule has 0 unspecified atom stereocenters. The van der Waals surface area contributed by atoms with Gasteiger partial charge in [-0.3, -0.25) is 4.79 Å². The van der Waals surface area contributed by atoms with Crippen LogP contribution in [0.3, 0.4) is 0 Å². The molecular formula is C15H16O4. The van der Waals surface area contributed by atoms with Crippen molar-refractivity contribution in [2.24, 2.45) is 0 Å². The van der Waals surface area contributed by atoms with Crippen LogP contribution in [-0.2, 0) is 25.8 Å². The summed E-state index contributed by atoms with van der Waals surface area (Å²) in [5.74, 6) is -0.801. The molecule has 1 N–H and O–H groups in total. The average Bonchev–Trinajstić information content (AvgIpc) is 2.39. The van der Waals surface area contributed by atoms with E-state index in [1.807, 2.05) is 44.2 Å². The average molecular weight is 260 g/mol. The normalized spacial score (nSPS) is 31.8. The lowest BCUT2D eigenvalue weighted by Gasteiger charge is -2.48. The van der Waals surface area contributed by atoms with Crippen molar-refractivity contribution in [2.45, 2.75) is 37.9 Å². The molecule has 0 amide bonds. The minimum atomic E-state index is -0.801. The number of carboxylic acids is 1. The van der Waals surface area contributed by atoms with Gasteiger partial charge in [-0.15, -0.1) is 0 Å². The number of hydrogen-bond acceptors (Lipinski definition) is 3. The van der Waals surface area contributed by atoms with Gasteiger partial charge in [0.25, 0.3) is 0 Å². The minimum Gasteiger partial charge on any atom is -0.481 e.